The van der Waals surface area contributed by atoms with E-state index in [1.807, 2.05) is 0 Å². The third-order valence-electron chi connectivity index (χ3n) is 2.34. The first-order valence-electron chi connectivity index (χ1n) is 5.14. The van der Waals surface area contributed by atoms with Crippen molar-refractivity contribution in [1.82, 2.24) is 5.32 Å². The van der Waals surface area contributed by atoms with Gasteiger partial charge in [-0.1, -0.05) is 0 Å². The van der Waals surface area contributed by atoms with Crippen LogP contribution in [0.5, 0.6) is 0 Å². The van der Waals surface area contributed by atoms with Crippen LogP contribution in [0, 0.1) is 0 Å². The van der Waals surface area contributed by atoms with Gasteiger partial charge in [0.15, 0.2) is 17.3 Å². The van der Waals surface area contributed by atoms with E-state index in [0.717, 1.165) is 0 Å². The molecule has 3 unspecified atom stereocenters. The third-order valence-corrected chi connectivity index (χ3v) is 3.41. The molecule has 1 fully saturated rings. The molecule has 2 heterocycles. The molecule has 2 aliphatic heterocycles. The Bertz CT molecular complexity index is 370. The smallest absolute Gasteiger partial charge is 0.307 e. The zero-order chi connectivity index (χ0) is 12.4. The van der Waals surface area contributed by atoms with Gasteiger partial charge in [-0.05, 0) is 0 Å². The summed E-state index contributed by atoms with van der Waals surface area (Å²) in [6, 6.07) is -0.191. The van der Waals surface area contributed by atoms with E-state index in [1.54, 1.807) is 11.8 Å². The van der Waals surface area contributed by atoms with Crippen molar-refractivity contribution in [2.75, 3.05) is 5.88 Å². The maximum atomic E-state index is 11.1. The van der Waals surface area contributed by atoms with Gasteiger partial charge in [0.1, 0.15) is 6.26 Å². The SMILES string of the molecule is CC(=O)OC1=COC2SCNC2C1OC(C)=O. The Morgan fingerprint density at radius 3 is 2.88 bits per heavy atom. The topological polar surface area (TPSA) is 73.9 Å². The molecule has 0 aromatic carbocycles. The molecule has 0 aromatic rings. The summed E-state index contributed by atoms with van der Waals surface area (Å²) >= 11 is 1.57. The Morgan fingerprint density at radius 2 is 2.24 bits per heavy atom. The minimum atomic E-state index is -0.620. The number of rotatable bonds is 2. The number of fused-ring (bicyclic) bond motifs is 1. The van der Waals surface area contributed by atoms with E-state index in [1.165, 1.54) is 20.1 Å². The molecule has 0 aromatic heterocycles. The number of hydrogen-bond acceptors (Lipinski definition) is 7. The number of thioether (sulfide) groups is 1. The van der Waals surface area contributed by atoms with Crippen molar-refractivity contribution in [2.45, 2.75) is 31.4 Å². The van der Waals surface area contributed by atoms with Crippen molar-refractivity contribution in [1.29, 1.82) is 0 Å². The predicted octanol–water partition coefficient (Wildman–Crippen LogP) is 0.341. The Morgan fingerprint density at radius 1 is 1.47 bits per heavy atom. The molecule has 6 nitrogen and oxygen atoms in total. The number of ether oxygens (including phenoxy) is 3. The van der Waals surface area contributed by atoms with Gasteiger partial charge in [0, 0.05) is 19.7 Å². The Balaban J connectivity index is 2.17. The first-order chi connectivity index (χ1) is 8.08. The van der Waals surface area contributed by atoms with Gasteiger partial charge in [-0.15, -0.1) is 11.8 Å². The Hall–Kier alpha value is -1.21. The zero-order valence-electron chi connectivity index (χ0n) is 9.47. The average molecular weight is 259 g/mol. The molecule has 0 radical (unpaired) electrons. The molecule has 1 saturated heterocycles. The van der Waals surface area contributed by atoms with Gasteiger partial charge in [0.05, 0.1) is 6.04 Å². The average Bonchev–Trinajstić information content (AvgIpc) is 2.68. The van der Waals surface area contributed by atoms with E-state index >= 15 is 0 Å². The summed E-state index contributed by atoms with van der Waals surface area (Å²) in [6.07, 6.45) is 0.723. The van der Waals surface area contributed by atoms with Crippen LogP contribution in [0.25, 0.3) is 0 Å². The number of nitrogens with one attached hydrogen (secondary N) is 1. The number of carbonyl (C=O) groups is 2. The largest absolute Gasteiger partial charge is 0.482 e. The zero-order valence-corrected chi connectivity index (χ0v) is 10.3. The summed E-state index contributed by atoms with van der Waals surface area (Å²) in [5.74, 6) is 0.0336. The fourth-order valence-electron chi connectivity index (χ4n) is 1.74. The van der Waals surface area contributed by atoms with Crippen LogP contribution in [0.1, 0.15) is 13.8 Å². The summed E-state index contributed by atoms with van der Waals surface area (Å²) < 4.78 is 15.6. The second-order valence-corrected chi connectivity index (χ2v) is 4.78. The van der Waals surface area contributed by atoms with E-state index in [4.69, 9.17) is 14.2 Å². The molecule has 2 aliphatic rings. The van der Waals surface area contributed by atoms with Gasteiger partial charge in [0.2, 0.25) is 0 Å². The van der Waals surface area contributed by atoms with Gasteiger partial charge in [-0.3, -0.25) is 14.9 Å². The highest BCUT2D eigenvalue weighted by Crippen LogP contribution is 2.33. The highest BCUT2D eigenvalue weighted by molar-refractivity contribution is 8.00. The minimum absolute atomic E-state index is 0.126. The van der Waals surface area contributed by atoms with E-state index in [0.29, 0.717) is 5.88 Å². The molecule has 7 heteroatoms. The molecule has 0 aliphatic carbocycles. The lowest BCUT2D eigenvalue weighted by molar-refractivity contribution is -0.154. The lowest BCUT2D eigenvalue weighted by Crippen LogP contribution is -2.48. The predicted molar refractivity (Wildman–Crippen MR) is 59.7 cm³/mol. The van der Waals surface area contributed by atoms with Crippen molar-refractivity contribution in [2.24, 2.45) is 0 Å². The standard InChI is InChI=1S/C10H13NO5S/c1-5(12)15-7-3-14-10-8(11-4-17-10)9(7)16-6(2)13/h3,8-11H,4H2,1-2H3. The summed E-state index contributed by atoms with van der Waals surface area (Å²) in [4.78, 5) is 22.0. The van der Waals surface area contributed by atoms with Crippen LogP contribution in [-0.2, 0) is 23.8 Å². The van der Waals surface area contributed by atoms with E-state index in [-0.39, 0.29) is 17.2 Å². The second kappa shape index (κ2) is 4.97. The quantitative estimate of drug-likeness (QED) is 0.717. The van der Waals surface area contributed by atoms with Crippen molar-refractivity contribution >= 4 is 23.7 Å². The maximum Gasteiger partial charge on any atom is 0.307 e. The van der Waals surface area contributed by atoms with Crippen LogP contribution in [-0.4, -0.2) is 35.4 Å². The van der Waals surface area contributed by atoms with Crippen LogP contribution in [0.3, 0.4) is 0 Å². The summed E-state index contributed by atoms with van der Waals surface area (Å²) in [5, 5.41) is 3.15. The first kappa shape index (κ1) is 12.3. The van der Waals surface area contributed by atoms with Crippen LogP contribution in [0.15, 0.2) is 12.0 Å². The maximum absolute atomic E-state index is 11.1. The fraction of sp³-hybridized carbons (Fsp3) is 0.600. The van der Waals surface area contributed by atoms with Crippen LogP contribution < -0.4 is 5.32 Å². The van der Waals surface area contributed by atoms with Gasteiger partial charge in [-0.2, -0.15) is 0 Å². The van der Waals surface area contributed by atoms with E-state index in [9.17, 15) is 9.59 Å². The van der Waals surface area contributed by atoms with Crippen LogP contribution >= 0.6 is 11.8 Å². The lowest BCUT2D eigenvalue weighted by atomic mass is 10.1. The monoisotopic (exact) mass is 259 g/mol. The van der Waals surface area contributed by atoms with Gasteiger partial charge >= 0.3 is 11.9 Å². The molecular weight excluding hydrogens is 246 g/mol. The molecule has 1 N–H and O–H groups in total. The third kappa shape index (κ3) is 2.73. The highest BCUT2D eigenvalue weighted by Gasteiger charge is 2.43. The molecule has 17 heavy (non-hydrogen) atoms. The van der Waals surface area contributed by atoms with Gasteiger partial charge in [-0.25, -0.2) is 0 Å². The molecule has 0 spiro atoms. The molecule has 94 valence electrons. The number of hydrogen-bond donors (Lipinski definition) is 1. The summed E-state index contributed by atoms with van der Waals surface area (Å²) in [6.45, 7) is 2.60. The van der Waals surface area contributed by atoms with E-state index in [2.05, 4.69) is 5.32 Å². The molecule has 0 saturated carbocycles. The molecule has 3 atom stereocenters. The van der Waals surface area contributed by atoms with Crippen LogP contribution in [0.4, 0.5) is 0 Å². The van der Waals surface area contributed by atoms with Crippen molar-refractivity contribution in [3.63, 3.8) is 0 Å². The lowest BCUT2D eigenvalue weighted by Gasteiger charge is -2.31. The van der Waals surface area contributed by atoms with E-state index < -0.39 is 18.0 Å². The number of carbonyl (C=O) groups excluding carboxylic acids is 2. The normalized spacial score (nSPS) is 30.9. The summed E-state index contributed by atoms with van der Waals surface area (Å²) in [7, 11) is 0. The van der Waals surface area contributed by atoms with Gasteiger partial charge < -0.3 is 14.2 Å². The molecular formula is C10H13NO5S. The summed E-state index contributed by atoms with van der Waals surface area (Å²) in [5.41, 5.74) is -0.126. The Kier molecular flexibility index (Phi) is 3.58. The van der Waals surface area contributed by atoms with Gasteiger partial charge in [0.25, 0.3) is 0 Å². The molecule has 0 amide bonds. The molecule has 2 rings (SSSR count). The van der Waals surface area contributed by atoms with Crippen molar-refractivity contribution in [3.8, 4) is 0 Å². The number of esters is 2. The highest BCUT2D eigenvalue weighted by atomic mass is 32.2. The van der Waals surface area contributed by atoms with Crippen LogP contribution in [0.2, 0.25) is 0 Å². The fourth-order valence-corrected chi connectivity index (χ4v) is 2.77. The second-order valence-electron chi connectivity index (χ2n) is 3.69. The minimum Gasteiger partial charge on any atom is -0.482 e. The first-order valence-corrected chi connectivity index (χ1v) is 6.19. The van der Waals surface area contributed by atoms with Crippen molar-refractivity contribution < 1.29 is 23.8 Å². The molecule has 0 bridgehead atoms. The Labute approximate surface area is 103 Å². The van der Waals surface area contributed by atoms with Crippen molar-refractivity contribution in [3.05, 3.63) is 12.0 Å².